The Labute approximate surface area is 325 Å². The van der Waals surface area contributed by atoms with E-state index in [0.29, 0.717) is 17.5 Å². The third kappa shape index (κ3) is 5.01. The lowest BCUT2D eigenvalue weighted by Crippen LogP contribution is -2.00. The van der Waals surface area contributed by atoms with Gasteiger partial charge in [-0.25, -0.2) is 15.0 Å². The Bertz CT molecular complexity index is 3530. The van der Waals surface area contributed by atoms with Crippen LogP contribution in [0.3, 0.4) is 0 Å². The minimum absolute atomic E-state index is 0.543. The number of furan rings is 2. The van der Waals surface area contributed by atoms with Crippen LogP contribution in [0.1, 0.15) is 0 Å². The summed E-state index contributed by atoms with van der Waals surface area (Å²) in [5.41, 5.74) is 11.5. The molecule has 0 fully saturated rings. The Morgan fingerprint density at radius 2 is 0.947 bits per heavy atom. The van der Waals surface area contributed by atoms with Gasteiger partial charge in [0.25, 0.3) is 0 Å². The van der Waals surface area contributed by atoms with Gasteiger partial charge in [-0.05, 0) is 71.8 Å². The van der Waals surface area contributed by atoms with Gasteiger partial charge in [0, 0.05) is 49.1 Å². The van der Waals surface area contributed by atoms with E-state index in [1.807, 2.05) is 66.7 Å². The Morgan fingerprint density at radius 1 is 0.333 bits per heavy atom. The first-order valence-corrected chi connectivity index (χ1v) is 19.0. The van der Waals surface area contributed by atoms with Crippen molar-refractivity contribution in [3.05, 3.63) is 182 Å². The zero-order valence-electron chi connectivity index (χ0n) is 30.4. The molecular weight excluding hydrogens is 701 g/mol. The Kier molecular flexibility index (Phi) is 6.83. The van der Waals surface area contributed by atoms with E-state index in [9.17, 15) is 0 Å². The average molecular weight is 731 g/mol. The molecule has 266 valence electrons. The van der Waals surface area contributed by atoms with Crippen molar-refractivity contribution in [1.82, 2.24) is 19.5 Å². The first kappa shape index (κ1) is 31.5. The van der Waals surface area contributed by atoms with Gasteiger partial charge in [0.05, 0.1) is 16.6 Å². The summed E-state index contributed by atoms with van der Waals surface area (Å²) in [6, 6.07) is 62.9. The molecule has 0 saturated carbocycles. The number of nitrogens with zero attached hydrogens (tertiary/aromatic N) is 4. The fourth-order valence-electron chi connectivity index (χ4n) is 8.37. The van der Waals surface area contributed by atoms with Crippen molar-refractivity contribution < 1.29 is 8.83 Å². The topological polar surface area (TPSA) is 69.9 Å². The molecule has 4 heterocycles. The van der Waals surface area contributed by atoms with Gasteiger partial charge in [0.2, 0.25) is 0 Å². The fraction of sp³-hybridized carbons (Fsp3) is 0. The smallest absolute Gasteiger partial charge is 0.167 e. The summed E-state index contributed by atoms with van der Waals surface area (Å²) in [7, 11) is 0. The lowest BCUT2D eigenvalue weighted by molar-refractivity contribution is 0.668. The molecule has 0 N–H and O–H groups in total. The molecule has 8 aromatic carbocycles. The summed E-state index contributed by atoms with van der Waals surface area (Å²) < 4.78 is 15.3. The number of para-hydroxylation sites is 4. The van der Waals surface area contributed by atoms with Crippen LogP contribution in [0.4, 0.5) is 0 Å². The van der Waals surface area contributed by atoms with E-state index in [1.165, 1.54) is 21.8 Å². The van der Waals surface area contributed by atoms with E-state index in [2.05, 4.69) is 120 Å². The number of hydrogen-bond acceptors (Lipinski definition) is 5. The van der Waals surface area contributed by atoms with E-state index >= 15 is 0 Å². The molecule has 0 amide bonds. The van der Waals surface area contributed by atoms with Crippen LogP contribution < -0.4 is 0 Å². The Balaban J connectivity index is 0.984. The first-order valence-electron chi connectivity index (χ1n) is 19.0. The van der Waals surface area contributed by atoms with Crippen molar-refractivity contribution in [2.75, 3.05) is 0 Å². The molecule has 0 spiro atoms. The van der Waals surface area contributed by atoms with Crippen LogP contribution in [0.15, 0.2) is 191 Å². The predicted molar refractivity (Wildman–Crippen MR) is 230 cm³/mol. The molecule has 6 nitrogen and oxygen atoms in total. The van der Waals surface area contributed by atoms with Crippen molar-refractivity contribution in [2.24, 2.45) is 0 Å². The van der Waals surface area contributed by atoms with Crippen LogP contribution in [0.5, 0.6) is 0 Å². The maximum Gasteiger partial charge on any atom is 0.167 e. The SMILES string of the molecule is c1ccc(-c2nc(-c3ccc4c(c3)oc3ccc(-c5ccc6c7ccccc7n(-c7ccccc7)c6c5)cc34)nc(-c3cccc4c3oc3ccccc34)n2)cc1. The summed E-state index contributed by atoms with van der Waals surface area (Å²) in [6.07, 6.45) is 0. The van der Waals surface area contributed by atoms with E-state index < -0.39 is 0 Å². The van der Waals surface area contributed by atoms with Gasteiger partial charge >= 0.3 is 0 Å². The van der Waals surface area contributed by atoms with Gasteiger partial charge in [-0.3, -0.25) is 0 Å². The van der Waals surface area contributed by atoms with Gasteiger partial charge in [-0.2, -0.15) is 0 Å². The molecule has 6 heteroatoms. The lowest BCUT2D eigenvalue weighted by Gasteiger charge is -2.09. The zero-order valence-corrected chi connectivity index (χ0v) is 30.4. The second kappa shape index (κ2) is 12.3. The first-order chi connectivity index (χ1) is 28.2. The molecule has 0 aliphatic heterocycles. The maximum absolute atomic E-state index is 6.52. The summed E-state index contributed by atoms with van der Waals surface area (Å²) >= 11 is 0. The van der Waals surface area contributed by atoms with E-state index in [4.69, 9.17) is 23.8 Å². The van der Waals surface area contributed by atoms with Crippen molar-refractivity contribution >= 4 is 65.7 Å². The maximum atomic E-state index is 6.52. The summed E-state index contributed by atoms with van der Waals surface area (Å²) in [5, 5.41) is 6.62. The average Bonchev–Trinajstić information content (AvgIpc) is 3.95. The Morgan fingerprint density at radius 3 is 1.82 bits per heavy atom. The third-order valence-corrected chi connectivity index (χ3v) is 11.1. The van der Waals surface area contributed by atoms with Gasteiger partial charge in [-0.1, -0.05) is 121 Å². The standard InChI is InChI=1S/C51H30N4O2/c1-3-12-31(13-4-1)49-52-50(54-51(53-49)41-19-11-18-40-38-17-8-10-21-45(38)57-48(40)41)34-23-26-39-42-28-32(24-27-46(42)56-47(39)30-34)33-22-25-37-36-16-7-9-20-43(36)55(44(37)29-33)35-14-5-2-6-15-35/h1-30H. The molecule has 0 aliphatic carbocycles. The normalized spacial score (nSPS) is 11.9. The number of fused-ring (bicyclic) bond motifs is 9. The second-order valence-electron chi connectivity index (χ2n) is 14.4. The number of hydrogen-bond donors (Lipinski definition) is 0. The molecule has 0 atom stereocenters. The van der Waals surface area contributed by atoms with Crippen LogP contribution in [-0.4, -0.2) is 19.5 Å². The minimum atomic E-state index is 0.543. The van der Waals surface area contributed by atoms with Crippen LogP contribution >= 0.6 is 0 Å². The highest BCUT2D eigenvalue weighted by atomic mass is 16.3. The minimum Gasteiger partial charge on any atom is -0.456 e. The van der Waals surface area contributed by atoms with E-state index in [1.54, 1.807) is 0 Å². The van der Waals surface area contributed by atoms with Crippen LogP contribution in [0.25, 0.3) is 117 Å². The van der Waals surface area contributed by atoms with Crippen molar-refractivity contribution in [3.8, 4) is 51.0 Å². The van der Waals surface area contributed by atoms with E-state index in [0.717, 1.165) is 77.4 Å². The largest absolute Gasteiger partial charge is 0.456 e. The molecule has 12 rings (SSSR count). The fourth-order valence-corrected chi connectivity index (χ4v) is 8.37. The summed E-state index contributed by atoms with van der Waals surface area (Å²) in [4.78, 5) is 15.1. The van der Waals surface area contributed by atoms with Crippen LogP contribution in [-0.2, 0) is 0 Å². The predicted octanol–water partition coefficient (Wildman–Crippen LogP) is 13.4. The second-order valence-corrected chi connectivity index (χ2v) is 14.4. The van der Waals surface area contributed by atoms with Gasteiger partial charge in [-0.15, -0.1) is 0 Å². The molecule has 0 saturated heterocycles. The summed E-state index contributed by atoms with van der Waals surface area (Å²) in [6.45, 7) is 0. The highest BCUT2D eigenvalue weighted by Gasteiger charge is 2.19. The molecule has 0 bridgehead atoms. The number of rotatable bonds is 5. The monoisotopic (exact) mass is 730 g/mol. The molecule has 0 radical (unpaired) electrons. The van der Waals surface area contributed by atoms with Gasteiger partial charge < -0.3 is 13.4 Å². The third-order valence-electron chi connectivity index (χ3n) is 11.1. The van der Waals surface area contributed by atoms with E-state index in [-0.39, 0.29) is 0 Å². The zero-order chi connectivity index (χ0) is 37.5. The number of benzene rings is 8. The molecule has 12 aromatic rings. The molecule has 0 unspecified atom stereocenters. The van der Waals surface area contributed by atoms with Crippen LogP contribution in [0.2, 0.25) is 0 Å². The number of aromatic nitrogens is 4. The van der Waals surface area contributed by atoms with Crippen molar-refractivity contribution in [3.63, 3.8) is 0 Å². The summed E-state index contributed by atoms with van der Waals surface area (Å²) in [5.74, 6) is 1.68. The van der Waals surface area contributed by atoms with Crippen molar-refractivity contribution in [1.29, 1.82) is 0 Å². The highest BCUT2D eigenvalue weighted by Crippen LogP contribution is 2.39. The lowest BCUT2D eigenvalue weighted by atomic mass is 10.0. The quantitative estimate of drug-likeness (QED) is 0.176. The highest BCUT2D eigenvalue weighted by molar-refractivity contribution is 6.12. The Hall–Kier alpha value is -7.83. The van der Waals surface area contributed by atoms with Gasteiger partial charge in [0.1, 0.15) is 22.3 Å². The van der Waals surface area contributed by atoms with Gasteiger partial charge in [0.15, 0.2) is 17.5 Å². The molecule has 4 aromatic heterocycles. The van der Waals surface area contributed by atoms with Crippen molar-refractivity contribution in [2.45, 2.75) is 0 Å². The van der Waals surface area contributed by atoms with Crippen LogP contribution in [0, 0.1) is 0 Å². The molecular formula is C51H30N4O2. The molecule has 0 aliphatic rings. The molecule has 57 heavy (non-hydrogen) atoms.